The van der Waals surface area contributed by atoms with Crippen molar-refractivity contribution in [3.8, 4) is 0 Å². The van der Waals surface area contributed by atoms with Gasteiger partial charge in [-0.25, -0.2) is 12.8 Å². The maximum atomic E-state index is 13.4. The van der Waals surface area contributed by atoms with E-state index < -0.39 is 15.8 Å². The van der Waals surface area contributed by atoms with Crippen molar-refractivity contribution in [2.75, 3.05) is 32.9 Å². The first-order valence-electron chi connectivity index (χ1n) is 6.64. The Kier molecular flexibility index (Phi) is 4.92. The van der Waals surface area contributed by atoms with Crippen LogP contribution in [0.3, 0.4) is 0 Å². The molecule has 1 fully saturated rings. The number of halogens is 2. The highest BCUT2D eigenvalue weighted by Crippen LogP contribution is 2.32. The van der Waals surface area contributed by atoms with Gasteiger partial charge in [0, 0.05) is 19.1 Å². The van der Waals surface area contributed by atoms with E-state index in [1.807, 2.05) is 19.0 Å². The molecule has 8 heteroatoms. The molecule has 5 nitrogen and oxygen atoms in total. The summed E-state index contributed by atoms with van der Waals surface area (Å²) in [7, 11) is 0.0990. The minimum absolute atomic E-state index is 0.0403. The van der Waals surface area contributed by atoms with Crippen molar-refractivity contribution < 1.29 is 12.8 Å². The lowest BCUT2D eigenvalue weighted by Gasteiger charge is -2.27. The molecule has 21 heavy (non-hydrogen) atoms. The van der Waals surface area contributed by atoms with E-state index in [4.69, 9.17) is 5.73 Å². The highest BCUT2D eigenvalue weighted by Gasteiger charge is 2.36. The first-order chi connectivity index (χ1) is 9.73. The van der Waals surface area contributed by atoms with Crippen LogP contribution in [-0.2, 0) is 10.0 Å². The van der Waals surface area contributed by atoms with Crippen LogP contribution in [0.1, 0.15) is 12.8 Å². The summed E-state index contributed by atoms with van der Waals surface area (Å²) >= 11 is 3.01. The van der Waals surface area contributed by atoms with Gasteiger partial charge in [-0.3, -0.25) is 0 Å². The molecule has 1 aliphatic heterocycles. The van der Waals surface area contributed by atoms with E-state index in [1.165, 1.54) is 10.4 Å². The van der Waals surface area contributed by atoms with E-state index in [-0.39, 0.29) is 21.1 Å². The van der Waals surface area contributed by atoms with E-state index in [0.29, 0.717) is 13.1 Å². The molecular formula is C13H19BrFN3O2S. The Hall–Kier alpha value is -0.700. The number of sulfonamides is 1. The van der Waals surface area contributed by atoms with Gasteiger partial charge in [-0.15, -0.1) is 0 Å². The van der Waals surface area contributed by atoms with Crippen LogP contribution in [-0.4, -0.2) is 50.8 Å². The highest BCUT2D eigenvalue weighted by molar-refractivity contribution is 9.10. The molecule has 118 valence electrons. The van der Waals surface area contributed by atoms with E-state index in [2.05, 4.69) is 15.9 Å². The van der Waals surface area contributed by atoms with Crippen molar-refractivity contribution >= 4 is 31.6 Å². The zero-order valence-corrected chi connectivity index (χ0v) is 14.4. The Labute approximate surface area is 133 Å². The van der Waals surface area contributed by atoms with E-state index in [0.717, 1.165) is 18.9 Å². The molecular weight excluding hydrogens is 361 g/mol. The summed E-state index contributed by atoms with van der Waals surface area (Å²) in [6.07, 6.45) is 1.64. The Morgan fingerprint density at radius 1 is 1.48 bits per heavy atom. The summed E-state index contributed by atoms with van der Waals surface area (Å²) < 4.78 is 40.6. The minimum atomic E-state index is -3.72. The molecule has 0 aromatic heterocycles. The van der Waals surface area contributed by atoms with Crippen molar-refractivity contribution in [3.05, 3.63) is 22.4 Å². The quantitative estimate of drug-likeness (QED) is 0.811. The molecule has 1 aliphatic rings. The summed E-state index contributed by atoms with van der Waals surface area (Å²) in [5.41, 5.74) is 5.65. The first-order valence-corrected chi connectivity index (χ1v) is 8.88. The number of nitrogens with zero attached hydrogens (tertiary/aromatic N) is 2. The molecule has 1 heterocycles. The zero-order valence-electron chi connectivity index (χ0n) is 12.0. The van der Waals surface area contributed by atoms with Crippen LogP contribution in [0.25, 0.3) is 0 Å². The van der Waals surface area contributed by atoms with Crippen LogP contribution in [0, 0.1) is 5.82 Å². The van der Waals surface area contributed by atoms with Crippen LogP contribution in [0.2, 0.25) is 0 Å². The number of nitrogens with two attached hydrogens (primary N) is 1. The molecule has 0 radical (unpaired) electrons. The van der Waals surface area contributed by atoms with Crippen LogP contribution in [0.15, 0.2) is 21.5 Å². The highest BCUT2D eigenvalue weighted by atomic mass is 79.9. The van der Waals surface area contributed by atoms with Gasteiger partial charge in [0.25, 0.3) is 0 Å². The smallest absolute Gasteiger partial charge is 0.245 e. The SMILES string of the molecule is CN(C)CC1CCCN1S(=O)(=O)c1cc(Br)c(F)cc1N. The molecule has 1 atom stereocenters. The maximum absolute atomic E-state index is 13.4. The summed E-state index contributed by atoms with van der Waals surface area (Å²) in [6.45, 7) is 1.12. The monoisotopic (exact) mass is 379 g/mol. The topological polar surface area (TPSA) is 66.6 Å². The van der Waals surface area contributed by atoms with Gasteiger partial charge >= 0.3 is 0 Å². The van der Waals surface area contributed by atoms with E-state index >= 15 is 0 Å². The largest absolute Gasteiger partial charge is 0.398 e. The minimum Gasteiger partial charge on any atom is -0.398 e. The van der Waals surface area contributed by atoms with Gasteiger partial charge in [0.05, 0.1) is 10.2 Å². The summed E-state index contributed by atoms with van der Waals surface area (Å²) in [5, 5.41) is 0. The molecule has 1 unspecified atom stereocenters. The molecule has 0 amide bonds. The molecule has 1 aromatic carbocycles. The van der Waals surface area contributed by atoms with Gasteiger partial charge < -0.3 is 10.6 Å². The second-order valence-corrected chi connectivity index (χ2v) is 8.19. The normalized spacial score (nSPS) is 20.3. The Bertz CT molecular complexity index is 637. The third-order valence-corrected chi connectivity index (χ3v) is 6.15. The third-order valence-electron chi connectivity index (χ3n) is 3.54. The van der Waals surface area contributed by atoms with Crippen molar-refractivity contribution in [1.82, 2.24) is 9.21 Å². The summed E-state index contributed by atoms with van der Waals surface area (Å²) in [5.74, 6) is -0.572. The predicted molar refractivity (Wildman–Crippen MR) is 84.0 cm³/mol. The number of rotatable bonds is 4. The first kappa shape index (κ1) is 16.7. The Morgan fingerprint density at radius 3 is 2.76 bits per heavy atom. The summed E-state index contributed by atoms with van der Waals surface area (Å²) in [6, 6.07) is 2.20. The second-order valence-electron chi connectivity index (χ2n) is 5.48. The zero-order chi connectivity index (χ0) is 15.8. The lowest BCUT2D eigenvalue weighted by Crippen LogP contribution is -2.41. The van der Waals surface area contributed by atoms with Crippen molar-refractivity contribution in [2.24, 2.45) is 0 Å². The molecule has 0 saturated carbocycles. The van der Waals surface area contributed by atoms with E-state index in [9.17, 15) is 12.8 Å². The van der Waals surface area contributed by atoms with E-state index in [1.54, 1.807) is 0 Å². The molecule has 1 aromatic rings. The van der Waals surface area contributed by atoms with Crippen molar-refractivity contribution in [2.45, 2.75) is 23.8 Å². The third kappa shape index (κ3) is 3.39. The molecule has 0 aliphatic carbocycles. The van der Waals surface area contributed by atoms with Gasteiger partial charge in [0.1, 0.15) is 10.7 Å². The number of likely N-dealkylation sites (N-methyl/N-ethyl adjacent to an activating group) is 1. The molecule has 0 spiro atoms. The van der Waals surface area contributed by atoms with Crippen LogP contribution in [0.5, 0.6) is 0 Å². The van der Waals surface area contributed by atoms with Gasteiger partial charge in [-0.05, 0) is 55.0 Å². The molecule has 2 rings (SSSR count). The van der Waals surface area contributed by atoms with Gasteiger partial charge in [-0.1, -0.05) is 0 Å². The molecule has 1 saturated heterocycles. The molecule has 0 bridgehead atoms. The second kappa shape index (κ2) is 6.20. The fourth-order valence-electron chi connectivity index (χ4n) is 2.62. The van der Waals surface area contributed by atoms with Crippen LogP contribution < -0.4 is 5.73 Å². The number of benzene rings is 1. The fraction of sp³-hybridized carbons (Fsp3) is 0.538. The lowest BCUT2D eigenvalue weighted by atomic mass is 10.2. The van der Waals surface area contributed by atoms with Crippen molar-refractivity contribution in [3.63, 3.8) is 0 Å². The Morgan fingerprint density at radius 2 is 2.14 bits per heavy atom. The number of nitrogen functional groups attached to an aromatic ring is 1. The van der Waals surface area contributed by atoms with Gasteiger partial charge in [0.15, 0.2) is 0 Å². The predicted octanol–water partition coefficient (Wildman–Crippen LogP) is 1.89. The average molecular weight is 380 g/mol. The Balaban J connectivity index is 2.40. The van der Waals surface area contributed by atoms with Gasteiger partial charge in [0.2, 0.25) is 10.0 Å². The number of anilines is 1. The fourth-order valence-corrected chi connectivity index (χ4v) is 4.93. The summed E-state index contributed by atoms with van der Waals surface area (Å²) in [4.78, 5) is 1.92. The number of hydrogen-bond donors (Lipinski definition) is 1. The van der Waals surface area contributed by atoms with Crippen LogP contribution >= 0.6 is 15.9 Å². The van der Waals surface area contributed by atoms with Crippen LogP contribution in [0.4, 0.5) is 10.1 Å². The van der Waals surface area contributed by atoms with Gasteiger partial charge in [-0.2, -0.15) is 4.31 Å². The average Bonchev–Trinajstić information content (AvgIpc) is 2.81. The lowest BCUT2D eigenvalue weighted by molar-refractivity contribution is 0.291. The number of hydrogen-bond acceptors (Lipinski definition) is 4. The van der Waals surface area contributed by atoms with Crippen molar-refractivity contribution in [1.29, 1.82) is 0 Å². The maximum Gasteiger partial charge on any atom is 0.245 e. The molecule has 2 N–H and O–H groups in total. The standard InChI is InChI=1S/C13H19BrFN3O2S/c1-17(2)8-9-4-3-5-18(9)21(19,20)13-6-10(14)11(15)7-12(13)16/h6-7,9H,3-5,8,16H2,1-2H3.